The molecule has 2 fully saturated rings. The Kier molecular flexibility index (Phi) is 4.66. The smallest absolute Gasteiger partial charge is 0.289 e. The van der Waals surface area contributed by atoms with E-state index < -0.39 is 55.0 Å². The molecule has 0 aliphatic carbocycles. The summed E-state index contributed by atoms with van der Waals surface area (Å²) in [7, 11) is -4.46. The molecule has 1 spiro atoms. The van der Waals surface area contributed by atoms with Crippen LogP contribution in [0, 0.1) is 16.0 Å². The van der Waals surface area contributed by atoms with Crippen LogP contribution in [0.2, 0.25) is 0 Å². The second-order valence-electron chi connectivity index (χ2n) is 8.38. The van der Waals surface area contributed by atoms with Gasteiger partial charge in [-0.05, 0) is 18.1 Å². The molecule has 2 N–H and O–H groups in total. The van der Waals surface area contributed by atoms with Gasteiger partial charge >= 0.3 is 0 Å². The number of nitro groups is 1. The molecule has 10 nitrogen and oxygen atoms in total. The Morgan fingerprint density at radius 1 is 1.15 bits per heavy atom. The number of carbonyl (C=O) groups is 2. The number of likely N-dealkylation sites (tertiary alicyclic amines) is 1. The van der Waals surface area contributed by atoms with Gasteiger partial charge in [0.1, 0.15) is 6.04 Å². The van der Waals surface area contributed by atoms with E-state index in [9.17, 15) is 28.1 Å². The first-order chi connectivity index (χ1) is 15.7. The van der Waals surface area contributed by atoms with Crippen LogP contribution in [0.4, 0.5) is 5.69 Å². The van der Waals surface area contributed by atoms with Crippen molar-refractivity contribution in [2.75, 3.05) is 0 Å². The highest BCUT2D eigenvalue weighted by molar-refractivity contribution is 7.89. The Labute approximate surface area is 189 Å². The van der Waals surface area contributed by atoms with Gasteiger partial charge in [0.15, 0.2) is 4.90 Å². The Bertz CT molecular complexity index is 1310. The van der Waals surface area contributed by atoms with Crippen LogP contribution >= 0.6 is 0 Å². The van der Waals surface area contributed by atoms with Crippen molar-refractivity contribution in [3.05, 3.63) is 82.4 Å². The van der Waals surface area contributed by atoms with E-state index >= 15 is 0 Å². The normalized spacial score (nSPS) is 28.3. The number of nitro benzene ring substituents is 1. The summed E-state index contributed by atoms with van der Waals surface area (Å²) in [5.74, 6) is -2.01. The number of rotatable bonds is 6. The molecule has 0 radical (unpaired) electrons. The number of nitrogens with zero attached hydrogens (tertiary/aromatic N) is 3. The van der Waals surface area contributed by atoms with Crippen LogP contribution in [0.15, 0.2) is 71.6 Å². The number of sulfonamides is 1. The van der Waals surface area contributed by atoms with Gasteiger partial charge in [-0.1, -0.05) is 54.6 Å². The summed E-state index contributed by atoms with van der Waals surface area (Å²) < 4.78 is 28.7. The molecule has 3 aliphatic rings. The minimum absolute atomic E-state index is 0.0867. The lowest BCUT2D eigenvalue weighted by atomic mass is 9.80. The van der Waals surface area contributed by atoms with Gasteiger partial charge in [0.2, 0.25) is 11.8 Å². The van der Waals surface area contributed by atoms with Crippen molar-refractivity contribution in [1.82, 2.24) is 9.21 Å². The molecule has 2 amide bonds. The summed E-state index contributed by atoms with van der Waals surface area (Å²) in [6.07, 6.45) is 3.37. The van der Waals surface area contributed by atoms with E-state index in [0.717, 1.165) is 22.0 Å². The zero-order chi connectivity index (χ0) is 23.5. The van der Waals surface area contributed by atoms with Crippen molar-refractivity contribution in [3.8, 4) is 0 Å². The van der Waals surface area contributed by atoms with Crippen LogP contribution in [-0.2, 0) is 26.2 Å². The lowest BCUT2D eigenvalue weighted by Gasteiger charge is -2.37. The number of hydrogen-bond donors (Lipinski definition) is 1. The molecule has 2 aromatic carbocycles. The number of para-hydroxylation sites is 1. The fraction of sp³-hybridized carbons (Fsp3) is 0.273. The molecule has 0 aromatic heterocycles. The molecule has 170 valence electrons. The van der Waals surface area contributed by atoms with Crippen molar-refractivity contribution in [2.45, 2.75) is 35.5 Å². The predicted octanol–water partition coefficient (Wildman–Crippen LogP) is 1.18. The second-order valence-corrected chi connectivity index (χ2v) is 10.2. The van der Waals surface area contributed by atoms with Gasteiger partial charge in [0, 0.05) is 18.7 Å². The number of hydrogen-bond acceptors (Lipinski definition) is 6. The molecule has 3 aliphatic heterocycles. The molecule has 0 saturated carbocycles. The first-order valence-corrected chi connectivity index (χ1v) is 11.7. The van der Waals surface area contributed by atoms with Crippen molar-refractivity contribution in [1.29, 1.82) is 0 Å². The molecule has 0 unspecified atom stereocenters. The van der Waals surface area contributed by atoms with E-state index in [1.54, 1.807) is 36.4 Å². The van der Waals surface area contributed by atoms with Crippen LogP contribution in [0.5, 0.6) is 0 Å². The van der Waals surface area contributed by atoms with Gasteiger partial charge < -0.3 is 10.6 Å². The summed E-state index contributed by atoms with van der Waals surface area (Å²) in [6, 6.07) is 12.1. The highest BCUT2D eigenvalue weighted by Crippen LogP contribution is 2.56. The van der Waals surface area contributed by atoms with Gasteiger partial charge in [-0.25, -0.2) is 8.42 Å². The third-order valence-corrected chi connectivity index (χ3v) is 8.70. The summed E-state index contributed by atoms with van der Waals surface area (Å²) in [5, 5.41) is 11.5. The maximum Gasteiger partial charge on any atom is 0.289 e. The SMILES string of the molecule is NC(=O)[C@@H]1N(Cc2ccccc2)C(=O)[C@H]2C[C@H]3C=C[C@@]21N3S(=O)(=O)c1ccccc1[N+](=O)[O-]. The van der Waals surface area contributed by atoms with Crippen molar-refractivity contribution in [2.24, 2.45) is 11.7 Å². The molecule has 11 heteroatoms. The van der Waals surface area contributed by atoms with E-state index in [-0.39, 0.29) is 18.9 Å². The Morgan fingerprint density at radius 2 is 1.82 bits per heavy atom. The molecule has 2 saturated heterocycles. The molecule has 5 rings (SSSR count). The van der Waals surface area contributed by atoms with Gasteiger partial charge in [-0.2, -0.15) is 4.31 Å². The number of fused-ring (bicyclic) bond motifs is 1. The average molecular weight is 468 g/mol. The van der Waals surface area contributed by atoms with E-state index in [4.69, 9.17) is 5.73 Å². The van der Waals surface area contributed by atoms with E-state index in [0.29, 0.717) is 0 Å². The zero-order valence-electron chi connectivity index (χ0n) is 17.3. The molecule has 2 aromatic rings. The van der Waals surface area contributed by atoms with Crippen molar-refractivity contribution >= 4 is 27.5 Å². The molecule has 3 heterocycles. The summed E-state index contributed by atoms with van der Waals surface area (Å²) in [6.45, 7) is 0.0867. The van der Waals surface area contributed by atoms with Crippen LogP contribution in [0.3, 0.4) is 0 Å². The highest BCUT2D eigenvalue weighted by atomic mass is 32.2. The standard InChI is InChI=1S/C22H20N4O6S/c23-20(27)19-22-11-10-15(12-16(22)21(28)24(19)13-14-6-2-1-3-7-14)25(22)33(31,32)18-9-5-4-8-17(18)26(29)30/h1-11,15-16,19H,12-13H2,(H2,23,27)/t15-,16-,19+,22-/m1/s1. The number of benzene rings is 2. The second kappa shape index (κ2) is 7.22. The fourth-order valence-electron chi connectivity index (χ4n) is 5.51. The van der Waals surface area contributed by atoms with Gasteiger partial charge in [-0.15, -0.1) is 0 Å². The summed E-state index contributed by atoms with van der Waals surface area (Å²) in [4.78, 5) is 37.8. The minimum Gasteiger partial charge on any atom is -0.368 e. The van der Waals surface area contributed by atoms with Gasteiger partial charge in [0.05, 0.1) is 16.4 Å². The number of carbonyl (C=O) groups excluding carboxylic acids is 2. The maximum atomic E-state index is 13.8. The Hall–Kier alpha value is -3.57. The Balaban J connectivity index is 1.64. The zero-order valence-corrected chi connectivity index (χ0v) is 18.1. The predicted molar refractivity (Wildman–Crippen MR) is 116 cm³/mol. The highest BCUT2D eigenvalue weighted by Gasteiger charge is 2.72. The lowest BCUT2D eigenvalue weighted by molar-refractivity contribution is -0.387. The number of nitrogens with two attached hydrogens (primary N) is 1. The van der Waals surface area contributed by atoms with Gasteiger partial charge in [-0.3, -0.25) is 19.7 Å². The minimum atomic E-state index is -4.46. The average Bonchev–Trinajstić information content (AvgIpc) is 3.40. The third kappa shape index (κ3) is 2.85. The maximum absolute atomic E-state index is 13.8. The van der Waals surface area contributed by atoms with E-state index in [2.05, 4.69) is 0 Å². The van der Waals surface area contributed by atoms with Crippen LogP contribution < -0.4 is 5.73 Å². The van der Waals surface area contributed by atoms with Gasteiger partial charge in [0.25, 0.3) is 15.7 Å². The van der Waals surface area contributed by atoms with Crippen molar-refractivity contribution in [3.63, 3.8) is 0 Å². The molecule has 2 bridgehead atoms. The molecule has 33 heavy (non-hydrogen) atoms. The summed E-state index contributed by atoms with van der Waals surface area (Å²) >= 11 is 0. The van der Waals surface area contributed by atoms with Crippen LogP contribution in [0.25, 0.3) is 0 Å². The van der Waals surface area contributed by atoms with Crippen LogP contribution in [0.1, 0.15) is 12.0 Å². The molecular weight excluding hydrogens is 448 g/mol. The fourth-order valence-corrected chi connectivity index (χ4v) is 7.59. The van der Waals surface area contributed by atoms with Crippen LogP contribution in [-0.4, -0.2) is 52.0 Å². The first kappa shape index (κ1) is 21.3. The molecular formula is C22H20N4O6S. The number of amides is 2. The van der Waals surface area contributed by atoms with E-state index in [1.807, 2.05) is 6.07 Å². The quantitative estimate of drug-likeness (QED) is 0.383. The largest absolute Gasteiger partial charge is 0.368 e. The van der Waals surface area contributed by atoms with E-state index in [1.165, 1.54) is 17.0 Å². The topological polar surface area (TPSA) is 144 Å². The molecule has 4 atom stereocenters. The lowest BCUT2D eigenvalue weighted by Crippen LogP contribution is -2.60. The summed E-state index contributed by atoms with van der Waals surface area (Å²) in [5.41, 5.74) is 4.42. The first-order valence-electron chi connectivity index (χ1n) is 10.3. The number of primary amides is 1. The third-order valence-electron chi connectivity index (χ3n) is 6.70. The van der Waals surface area contributed by atoms with Crippen molar-refractivity contribution < 1.29 is 22.9 Å². The monoisotopic (exact) mass is 468 g/mol. The Morgan fingerprint density at radius 3 is 2.48 bits per heavy atom.